The average molecular weight is 301 g/mol. The van der Waals surface area contributed by atoms with Gasteiger partial charge in [-0.1, -0.05) is 25.7 Å². The van der Waals surface area contributed by atoms with Gasteiger partial charge in [0.25, 0.3) is 0 Å². The Hall–Kier alpha value is -0.280. The van der Waals surface area contributed by atoms with Gasteiger partial charge in [-0.3, -0.25) is 4.79 Å². The third-order valence-electron chi connectivity index (χ3n) is 5.42. The molecule has 3 aliphatic rings. The Morgan fingerprint density at radius 3 is 2.60 bits per heavy atom. The van der Waals surface area contributed by atoms with Crippen molar-refractivity contribution in [2.24, 2.45) is 5.92 Å². The molecule has 0 aromatic rings. The Kier molecular flexibility index (Phi) is 6.16. The molecular formula is C16H29ClN2O. The van der Waals surface area contributed by atoms with E-state index >= 15 is 0 Å². The van der Waals surface area contributed by atoms with Crippen molar-refractivity contribution in [2.45, 2.75) is 76.3 Å². The number of carbonyl (C=O) groups is 1. The molecule has 2 unspecified atom stereocenters. The minimum absolute atomic E-state index is 0. The molecule has 2 heterocycles. The Balaban J connectivity index is 0.00000147. The molecule has 2 saturated heterocycles. The van der Waals surface area contributed by atoms with Gasteiger partial charge in [0.1, 0.15) is 0 Å². The molecule has 3 rings (SSSR count). The van der Waals surface area contributed by atoms with Gasteiger partial charge in [-0.2, -0.15) is 0 Å². The normalized spacial score (nSPS) is 30.1. The van der Waals surface area contributed by atoms with Crippen molar-refractivity contribution < 1.29 is 4.79 Å². The maximum Gasteiger partial charge on any atom is 0.223 e. The maximum absolute atomic E-state index is 12.5. The van der Waals surface area contributed by atoms with Crippen LogP contribution in [0.4, 0.5) is 0 Å². The van der Waals surface area contributed by atoms with Crippen LogP contribution in [0.25, 0.3) is 0 Å². The van der Waals surface area contributed by atoms with Crippen molar-refractivity contribution in [2.75, 3.05) is 13.1 Å². The fraction of sp³-hybridized carbons (Fsp3) is 0.938. The molecule has 1 saturated carbocycles. The molecule has 1 amide bonds. The molecular weight excluding hydrogens is 272 g/mol. The molecule has 4 heteroatoms. The molecule has 0 spiro atoms. The van der Waals surface area contributed by atoms with E-state index in [9.17, 15) is 4.79 Å². The van der Waals surface area contributed by atoms with Gasteiger partial charge in [-0.25, -0.2) is 0 Å². The minimum atomic E-state index is 0. The van der Waals surface area contributed by atoms with Crippen molar-refractivity contribution in [3.05, 3.63) is 0 Å². The van der Waals surface area contributed by atoms with Gasteiger partial charge in [0, 0.05) is 25.0 Å². The first-order valence-corrected chi connectivity index (χ1v) is 8.36. The number of halogens is 1. The third-order valence-corrected chi connectivity index (χ3v) is 5.42. The van der Waals surface area contributed by atoms with Gasteiger partial charge in [0.2, 0.25) is 5.91 Å². The van der Waals surface area contributed by atoms with Crippen LogP contribution in [0.15, 0.2) is 0 Å². The monoisotopic (exact) mass is 300 g/mol. The second-order valence-electron chi connectivity index (χ2n) is 6.72. The largest absolute Gasteiger partial charge is 0.335 e. The van der Waals surface area contributed by atoms with Gasteiger partial charge >= 0.3 is 0 Å². The van der Waals surface area contributed by atoms with Crippen LogP contribution in [-0.4, -0.2) is 36.0 Å². The van der Waals surface area contributed by atoms with Crippen LogP contribution in [-0.2, 0) is 4.79 Å². The maximum atomic E-state index is 12.5. The van der Waals surface area contributed by atoms with Crippen LogP contribution < -0.4 is 5.32 Å². The summed E-state index contributed by atoms with van der Waals surface area (Å²) in [6.07, 6.45) is 12.5. The number of nitrogens with one attached hydrogen (secondary N) is 1. The second kappa shape index (κ2) is 7.65. The van der Waals surface area contributed by atoms with Crippen molar-refractivity contribution in [1.82, 2.24) is 10.2 Å². The predicted octanol–water partition coefficient (Wildman–Crippen LogP) is 3.12. The summed E-state index contributed by atoms with van der Waals surface area (Å²) in [4.78, 5) is 14.7. The quantitative estimate of drug-likeness (QED) is 0.865. The van der Waals surface area contributed by atoms with Crippen LogP contribution in [0.3, 0.4) is 0 Å². The molecule has 2 atom stereocenters. The van der Waals surface area contributed by atoms with E-state index < -0.39 is 0 Å². The number of nitrogens with zero attached hydrogens (tertiary/aromatic N) is 1. The molecule has 2 bridgehead atoms. The van der Waals surface area contributed by atoms with Crippen molar-refractivity contribution >= 4 is 18.3 Å². The van der Waals surface area contributed by atoms with E-state index in [1.807, 2.05) is 0 Å². The summed E-state index contributed by atoms with van der Waals surface area (Å²) >= 11 is 0. The molecule has 20 heavy (non-hydrogen) atoms. The lowest BCUT2D eigenvalue weighted by atomic mass is 10.0. The molecule has 3 nitrogen and oxygen atoms in total. The fourth-order valence-corrected chi connectivity index (χ4v) is 4.36. The average Bonchev–Trinajstić information content (AvgIpc) is 2.96. The van der Waals surface area contributed by atoms with Gasteiger partial charge in [0.15, 0.2) is 0 Å². The molecule has 0 radical (unpaired) electrons. The second-order valence-corrected chi connectivity index (χ2v) is 6.72. The summed E-state index contributed by atoms with van der Waals surface area (Å²) in [5.41, 5.74) is 0. The highest BCUT2D eigenvalue weighted by atomic mass is 35.5. The Labute approximate surface area is 129 Å². The zero-order valence-electron chi connectivity index (χ0n) is 12.5. The Bertz CT molecular complexity index is 304. The van der Waals surface area contributed by atoms with E-state index in [0.29, 0.717) is 18.0 Å². The van der Waals surface area contributed by atoms with Gasteiger partial charge in [-0.15, -0.1) is 12.4 Å². The summed E-state index contributed by atoms with van der Waals surface area (Å²) < 4.78 is 0. The number of hydrogen-bond donors (Lipinski definition) is 1. The van der Waals surface area contributed by atoms with Crippen LogP contribution in [0.5, 0.6) is 0 Å². The van der Waals surface area contributed by atoms with E-state index in [0.717, 1.165) is 38.3 Å². The fourth-order valence-electron chi connectivity index (χ4n) is 4.36. The van der Waals surface area contributed by atoms with Crippen LogP contribution in [0, 0.1) is 5.92 Å². The van der Waals surface area contributed by atoms with Gasteiger partial charge < -0.3 is 10.2 Å². The summed E-state index contributed by atoms with van der Waals surface area (Å²) in [6, 6.07) is 1.03. The van der Waals surface area contributed by atoms with E-state index in [1.54, 1.807) is 0 Å². The molecule has 2 aliphatic heterocycles. The zero-order chi connectivity index (χ0) is 13.1. The molecule has 0 aromatic carbocycles. The third kappa shape index (κ3) is 3.67. The highest BCUT2D eigenvalue weighted by Gasteiger charge is 2.37. The minimum Gasteiger partial charge on any atom is -0.335 e. The number of rotatable bonds is 4. The van der Waals surface area contributed by atoms with Gasteiger partial charge in [0.05, 0.1) is 0 Å². The van der Waals surface area contributed by atoms with E-state index in [4.69, 9.17) is 0 Å². The summed E-state index contributed by atoms with van der Waals surface area (Å²) in [5, 5.41) is 3.47. The highest BCUT2D eigenvalue weighted by molar-refractivity contribution is 5.85. The predicted molar refractivity (Wildman–Crippen MR) is 84.2 cm³/mol. The van der Waals surface area contributed by atoms with Crippen LogP contribution in [0.2, 0.25) is 0 Å². The van der Waals surface area contributed by atoms with E-state index in [-0.39, 0.29) is 12.4 Å². The smallest absolute Gasteiger partial charge is 0.223 e. The summed E-state index contributed by atoms with van der Waals surface area (Å²) in [6.45, 7) is 2.11. The first-order valence-electron chi connectivity index (χ1n) is 8.36. The van der Waals surface area contributed by atoms with Gasteiger partial charge in [-0.05, 0) is 44.6 Å². The van der Waals surface area contributed by atoms with Crippen molar-refractivity contribution in [3.8, 4) is 0 Å². The molecule has 1 aliphatic carbocycles. The number of hydrogen-bond acceptors (Lipinski definition) is 2. The molecule has 1 N–H and O–H groups in total. The Morgan fingerprint density at radius 2 is 1.80 bits per heavy atom. The number of amides is 1. The number of fused-ring (bicyclic) bond motifs is 2. The van der Waals surface area contributed by atoms with Crippen LogP contribution >= 0.6 is 12.4 Å². The lowest BCUT2D eigenvalue weighted by Gasteiger charge is -2.28. The van der Waals surface area contributed by atoms with Crippen molar-refractivity contribution in [1.29, 1.82) is 0 Å². The lowest BCUT2D eigenvalue weighted by molar-refractivity contribution is -0.133. The van der Waals surface area contributed by atoms with E-state index in [2.05, 4.69) is 10.2 Å². The topological polar surface area (TPSA) is 32.3 Å². The summed E-state index contributed by atoms with van der Waals surface area (Å²) in [5.74, 6) is 1.37. The standard InChI is InChI=1S/C16H28N2O.ClH/c19-16(7-3-6-13-4-1-2-5-13)18-14-8-9-15(18)12-17-11-10-14;/h13-15,17H,1-12H2;1H. The highest BCUT2D eigenvalue weighted by Crippen LogP contribution is 2.31. The SMILES string of the molecule is Cl.O=C(CCCC1CCCC1)N1C2CCNCC1CC2. The molecule has 3 fully saturated rings. The summed E-state index contributed by atoms with van der Waals surface area (Å²) in [7, 11) is 0. The number of carbonyl (C=O) groups excluding carboxylic acids is 1. The zero-order valence-corrected chi connectivity index (χ0v) is 13.3. The van der Waals surface area contributed by atoms with Crippen molar-refractivity contribution in [3.63, 3.8) is 0 Å². The lowest BCUT2D eigenvalue weighted by Crippen LogP contribution is -2.42. The van der Waals surface area contributed by atoms with Crippen LogP contribution in [0.1, 0.15) is 64.2 Å². The van der Waals surface area contributed by atoms with E-state index in [1.165, 1.54) is 44.9 Å². The molecule has 0 aromatic heterocycles. The first kappa shape index (κ1) is 16.1. The molecule has 116 valence electrons. The first-order chi connectivity index (χ1) is 9.34. The Morgan fingerprint density at radius 1 is 1.05 bits per heavy atom.